The fourth-order valence-electron chi connectivity index (χ4n) is 0.140. The second-order valence-electron chi connectivity index (χ2n) is 1.30. The molecule has 0 aromatic carbocycles. The van der Waals surface area contributed by atoms with Crippen LogP contribution < -0.4 is 0 Å². The monoisotopic (exact) mass is 268 g/mol. The van der Waals surface area contributed by atoms with Crippen LogP contribution in [-0.4, -0.2) is 129 Å². The van der Waals surface area contributed by atoms with Crippen molar-refractivity contribution in [3.8, 4) is 0 Å². The Morgan fingerprint density at radius 1 is 0.750 bits per heavy atom. The first-order valence-corrected chi connectivity index (χ1v) is 4.84. The molecule has 0 spiro atoms. The van der Waals surface area contributed by atoms with Crippen molar-refractivity contribution in [3.63, 3.8) is 0 Å². The van der Waals surface area contributed by atoms with Crippen LogP contribution in [0.2, 0.25) is 0 Å². The van der Waals surface area contributed by atoms with Crippen LogP contribution in [0.1, 0.15) is 0 Å². The van der Waals surface area contributed by atoms with Crippen LogP contribution in [0, 0.1) is 0 Å². The molecule has 0 bridgehead atoms. The van der Waals surface area contributed by atoms with Crippen molar-refractivity contribution >= 4 is 123 Å². The van der Waals surface area contributed by atoms with Crippen LogP contribution in [0.5, 0.6) is 0 Å². The van der Waals surface area contributed by atoms with Crippen molar-refractivity contribution in [2.45, 2.75) is 0 Å². The van der Waals surface area contributed by atoms with E-state index in [1.807, 2.05) is 0 Å². The summed E-state index contributed by atoms with van der Waals surface area (Å²) in [7, 11) is -8.95. The third kappa shape index (κ3) is 18.6. The molecule has 0 saturated heterocycles. The summed E-state index contributed by atoms with van der Waals surface area (Å²) in [6.45, 7) is 0. The van der Waals surface area contributed by atoms with Gasteiger partial charge in [-0.05, 0) is 0 Å². The predicted octanol–water partition coefficient (Wildman–Crippen LogP) is -2.06. The minimum atomic E-state index is -4.48. The Balaban J connectivity index is -0.000000405. The van der Waals surface area contributed by atoms with Crippen molar-refractivity contribution in [1.82, 2.24) is 0 Å². The molecule has 0 aliphatic carbocycles. The second-order valence-corrected chi connectivity index (χ2v) is 3.91. The SMILES string of the molecule is O=S(=O)(O)C=CS(=O)(=O)O.[KH].[KH]. The molecule has 0 radical (unpaired) electrons. The zero-order valence-corrected chi connectivity index (χ0v) is 6.13. The van der Waals surface area contributed by atoms with E-state index in [-0.39, 0.29) is 114 Å². The molecule has 0 rings (SSSR count). The molecule has 0 aromatic heterocycles. The van der Waals surface area contributed by atoms with Gasteiger partial charge in [0.2, 0.25) is 0 Å². The zero-order chi connectivity index (χ0) is 8.41. The van der Waals surface area contributed by atoms with E-state index in [2.05, 4.69) is 0 Å². The topological polar surface area (TPSA) is 109 Å². The molecule has 0 unspecified atom stereocenters. The van der Waals surface area contributed by atoms with Crippen molar-refractivity contribution < 1.29 is 25.9 Å². The first-order valence-electron chi connectivity index (χ1n) is 1.84. The fraction of sp³-hybridized carbons (Fsp3) is 0. The Hall–Kier alpha value is 2.83. The van der Waals surface area contributed by atoms with E-state index in [0.29, 0.717) is 0 Å². The Labute approximate surface area is 156 Å². The van der Waals surface area contributed by atoms with Crippen LogP contribution in [0.15, 0.2) is 10.8 Å². The van der Waals surface area contributed by atoms with Gasteiger partial charge in [0.15, 0.2) is 0 Å². The molecule has 0 aromatic rings. The summed E-state index contributed by atoms with van der Waals surface area (Å²) < 4.78 is 54.9. The van der Waals surface area contributed by atoms with Gasteiger partial charge in [-0.3, -0.25) is 9.11 Å². The summed E-state index contributed by atoms with van der Waals surface area (Å²) in [4.78, 5) is 0. The molecule has 12 heavy (non-hydrogen) atoms. The third-order valence-electron chi connectivity index (χ3n) is 0.399. The number of hydrogen-bond acceptors (Lipinski definition) is 4. The maximum absolute atomic E-state index is 9.77. The van der Waals surface area contributed by atoms with Crippen LogP contribution in [0.4, 0.5) is 0 Å². The van der Waals surface area contributed by atoms with Crippen molar-refractivity contribution in [3.05, 3.63) is 10.8 Å². The maximum atomic E-state index is 9.77. The normalized spacial score (nSPS) is 11.8. The van der Waals surface area contributed by atoms with Gasteiger partial charge in [0, 0.05) is 0 Å². The quantitative estimate of drug-likeness (QED) is 0.440. The van der Waals surface area contributed by atoms with Crippen LogP contribution >= 0.6 is 0 Å². The van der Waals surface area contributed by atoms with Gasteiger partial charge in [0.25, 0.3) is 20.2 Å². The van der Waals surface area contributed by atoms with Gasteiger partial charge in [-0.2, -0.15) is 16.8 Å². The number of hydrogen-bond donors (Lipinski definition) is 2. The van der Waals surface area contributed by atoms with E-state index in [9.17, 15) is 16.8 Å². The molecule has 0 atom stereocenters. The second kappa shape index (κ2) is 8.04. The summed E-state index contributed by atoms with van der Waals surface area (Å²) in [6, 6.07) is 0. The molecule has 0 amide bonds. The molecule has 6 nitrogen and oxygen atoms in total. The van der Waals surface area contributed by atoms with E-state index in [1.54, 1.807) is 0 Å². The Morgan fingerprint density at radius 3 is 1.00 bits per heavy atom. The molecule has 2 N–H and O–H groups in total. The van der Waals surface area contributed by atoms with Crippen molar-refractivity contribution in [2.24, 2.45) is 0 Å². The Morgan fingerprint density at radius 2 is 0.917 bits per heavy atom. The van der Waals surface area contributed by atoms with Gasteiger partial charge >= 0.3 is 103 Å². The molecule has 0 heterocycles. The summed E-state index contributed by atoms with van der Waals surface area (Å²) in [5, 5.41) is -0.0787. The van der Waals surface area contributed by atoms with E-state index < -0.39 is 20.2 Å². The van der Waals surface area contributed by atoms with Crippen LogP contribution in [-0.2, 0) is 20.2 Å². The molecule has 0 aliphatic rings. The molecule has 0 saturated carbocycles. The van der Waals surface area contributed by atoms with Gasteiger partial charge in [-0.15, -0.1) is 0 Å². The molecule has 0 aliphatic heterocycles. The first-order chi connectivity index (χ1) is 4.21. The zero-order valence-electron chi connectivity index (χ0n) is 4.50. The molecule has 10 heteroatoms. The van der Waals surface area contributed by atoms with Gasteiger partial charge in [-0.25, -0.2) is 0 Å². The summed E-state index contributed by atoms with van der Waals surface area (Å²) >= 11 is 0. The molecule has 64 valence electrons. The minimum absolute atomic E-state index is 0. The van der Waals surface area contributed by atoms with Gasteiger partial charge in [0.05, 0.1) is 10.8 Å². The van der Waals surface area contributed by atoms with Gasteiger partial charge < -0.3 is 0 Å². The molecular weight excluding hydrogens is 262 g/mol. The fourth-order valence-corrected chi connectivity index (χ4v) is 1.26. The molecule has 0 fully saturated rings. The van der Waals surface area contributed by atoms with E-state index >= 15 is 0 Å². The standard InChI is InChI=1S/C2H4O6S2.2K.2H/c3-9(4,5)1-2-10(6,7)8;;;;/h1-2H,(H,3,4,5)(H,6,7,8);;;;. The average molecular weight is 268 g/mol. The van der Waals surface area contributed by atoms with Crippen molar-refractivity contribution in [1.29, 1.82) is 0 Å². The predicted molar refractivity (Wildman–Crippen MR) is 46.5 cm³/mol. The van der Waals surface area contributed by atoms with E-state index in [4.69, 9.17) is 9.11 Å². The molecular formula is C2H6K2O6S2. The first kappa shape index (κ1) is 20.3. The summed E-state index contributed by atoms with van der Waals surface area (Å²) in [5.74, 6) is 0. The van der Waals surface area contributed by atoms with Crippen LogP contribution in [0.25, 0.3) is 0 Å². The Kier molecular flexibility index (Phi) is 13.6. The summed E-state index contributed by atoms with van der Waals surface area (Å²) in [6.07, 6.45) is 0. The number of rotatable bonds is 2. The van der Waals surface area contributed by atoms with Gasteiger partial charge in [-0.1, -0.05) is 0 Å². The Bertz CT molecular complexity index is 291. The van der Waals surface area contributed by atoms with Crippen LogP contribution in [0.3, 0.4) is 0 Å². The van der Waals surface area contributed by atoms with Gasteiger partial charge in [0.1, 0.15) is 0 Å². The summed E-state index contributed by atoms with van der Waals surface area (Å²) in [5.41, 5.74) is 0. The third-order valence-corrected chi connectivity index (χ3v) is 1.53. The average Bonchev–Trinajstić information content (AvgIpc) is 1.57. The van der Waals surface area contributed by atoms with E-state index in [1.165, 1.54) is 0 Å². The van der Waals surface area contributed by atoms with E-state index in [0.717, 1.165) is 0 Å². The van der Waals surface area contributed by atoms with Crippen molar-refractivity contribution in [2.75, 3.05) is 0 Å².